The van der Waals surface area contributed by atoms with Crippen molar-refractivity contribution >= 4 is 27.3 Å². The number of nitrogens with one attached hydrogen (secondary N) is 1. The van der Waals surface area contributed by atoms with E-state index in [4.69, 9.17) is 4.74 Å². The third-order valence-electron chi connectivity index (χ3n) is 4.45. The molecule has 0 spiro atoms. The van der Waals surface area contributed by atoms with Crippen molar-refractivity contribution in [1.82, 2.24) is 19.4 Å². The number of sulfonamides is 1. The molecule has 1 amide bonds. The van der Waals surface area contributed by atoms with E-state index in [0.29, 0.717) is 44.2 Å². The van der Waals surface area contributed by atoms with Crippen molar-refractivity contribution in [2.24, 2.45) is 0 Å². The average Bonchev–Trinajstić information content (AvgIpc) is 3.24. The molecule has 1 aliphatic heterocycles. The van der Waals surface area contributed by atoms with Crippen molar-refractivity contribution < 1.29 is 17.9 Å². The molecule has 1 saturated heterocycles. The molecule has 0 aromatic carbocycles. The van der Waals surface area contributed by atoms with E-state index in [1.165, 1.54) is 13.9 Å². The predicted octanol–water partition coefficient (Wildman–Crippen LogP) is 0.941. The summed E-state index contributed by atoms with van der Waals surface area (Å²) < 4.78 is 34.0. The molecule has 0 bridgehead atoms. The number of morpholine rings is 1. The number of ether oxygens (including phenoxy) is 1. The van der Waals surface area contributed by atoms with E-state index in [9.17, 15) is 13.2 Å². The van der Waals surface area contributed by atoms with Crippen LogP contribution in [0.25, 0.3) is 0 Å². The first-order valence-corrected chi connectivity index (χ1v) is 11.1. The molecule has 1 aliphatic rings. The van der Waals surface area contributed by atoms with Crippen LogP contribution < -0.4 is 5.32 Å². The highest BCUT2D eigenvalue weighted by Gasteiger charge is 2.32. The van der Waals surface area contributed by atoms with Gasteiger partial charge in [-0.1, -0.05) is 6.07 Å². The second kappa shape index (κ2) is 8.51. The van der Waals surface area contributed by atoms with Crippen molar-refractivity contribution in [2.45, 2.75) is 31.7 Å². The zero-order valence-corrected chi connectivity index (χ0v) is 17.1. The fourth-order valence-corrected chi connectivity index (χ4v) is 5.59. The SMILES string of the molecule is Cc1nn(CC(=O)NCCc2cccs2)c(C)c1S(=O)(=O)N1CCOCC1. The fraction of sp³-hybridized carbons (Fsp3) is 0.529. The summed E-state index contributed by atoms with van der Waals surface area (Å²) in [4.78, 5) is 13.6. The number of aromatic nitrogens is 2. The highest BCUT2D eigenvalue weighted by molar-refractivity contribution is 7.89. The van der Waals surface area contributed by atoms with Gasteiger partial charge in [0.2, 0.25) is 15.9 Å². The van der Waals surface area contributed by atoms with Crippen LogP contribution in [-0.2, 0) is 32.5 Å². The lowest BCUT2D eigenvalue weighted by Gasteiger charge is -2.26. The van der Waals surface area contributed by atoms with Crippen LogP contribution in [0.15, 0.2) is 22.4 Å². The van der Waals surface area contributed by atoms with Crippen LogP contribution in [0, 0.1) is 13.8 Å². The summed E-state index contributed by atoms with van der Waals surface area (Å²) in [7, 11) is -3.65. The van der Waals surface area contributed by atoms with E-state index in [-0.39, 0.29) is 17.3 Å². The van der Waals surface area contributed by atoms with E-state index in [1.807, 2.05) is 17.5 Å². The molecular weight excluding hydrogens is 388 g/mol. The van der Waals surface area contributed by atoms with Crippen molar-refractivity contribution in [3.05, 3.63) is 33.8 Å². The number of rotatable bonds is 7. The second-order valence-corrected chi connectivity index (χ2v) is 9.26. The van der Waals surface area contributed by atoms with Gasteiger partial charge >= 0.3 is 0 Å². The van der Waals surface area contributed by atoms with Crippen LogP contribution in [0.3, 0.4) is 0 Å². The largest absolute Gasteiger partial charge is 0.379 e. The molecule has 3 heterocycles. The highest BCUT2D eigenvalue weighted by Crippen LogP contribution is 2.24. The summed E-state index contributed by atoms with van der Waals surface area (Å²) >= 11 is 1.65. The average molecular weight is 413 g/mol. The standard InChI is InChI=1S/C17H24N4O4S2/c1-13-17(27(23,24)20-7-9-25-10-8-20)14(2)21(19-13)12-16(22)18-6-5-15-4-3-11-26-15/h3-4,11H,5-10,12H2,1-2H3,(H,18,22). The summed E-state index contributed by atoms with van der Waals surface area (Å²) in [5.74, 6) is -0.188. The van der Waals surface area contributed by atoms with Crippen LogP contribution in [0.2, 0.25) is 0 Å². The highest BCUT2D eigenvalue weighted by atomic mass is 32.2. The van der Waals surface area contributed by atoms with Gasteiger partial charge in [0.15, 0.2) is 0 Å². The molecule has 0 saturated carbocycles. The van der Waals surface area contributed by atoms with Gasteiger partial charge in [-0.15, -0.1) is 11.3 Å². The lowest BCUT2D eigenvalue weighted by molar-refractivity contribution is -0.121. The lowest BCUT2D eigenvalue weighted by Crippen LogP contribution is -2.41. The molecule has 2 aromatic rings. The number of hydrogen-bond acceptors (Lipinski definition) is 6. The van der Waals surface area contributed by atoms with Crippen molar-refractivity contribution in [3.63, 3.8) is 0 Å². The Kier molecular flexibility index (Phi) is 6.30. The Labute approximate surface area is 163 Å². The number of amides is 1. The molecule has 27 heavy (non-hydrogen) atoms. The van der Waals surface area contributed by atoms with Crippen molar-refractivity contribution in [2.75, 3.05) is 32.8 Å². The summed E-state index contributed by atoms with van der Waals surface area (Å²) in [6.45, 7) is 5.31. The molecule has 8 nitrogen and oxygen atoms in total. The van der Waals surface area contributed by atoms with Gasteiger partial charge < -0.3 is 10.1 Å². The van der Waals surface area contributed by atoms with Gasteiger partial charge in [-0.3, -0.25) is 9.48 Å². The van der Waals surface area contributed by atoms with E-state index >= 15 is 0 Å². The maximum atomic E-state index is 12.9. The summed E-state index contributed by atoms with van der Waals surface area (Å²) in [5.41, 5.74) is 0.887. The normalized spacial score (nSPS) is 15.8. The van der Waals surface area contributed by atoms with Crippen molar-refractivity contribution in [3.8, 4) is 0 Å². The smallest absolute Gasteiger partial charge is 0.246 e. The molecular formula is C17H24N4O4S2. The molecule has 0 aliphatic carbocycles. The lowest BCUT2D eigenvalue weighted by atomic mass is 10.3. The molecule has 10 heteroatoms. The van der Waals surface area contributed by atoms with E-state index in [2.05, 4.69) is 10.4 Å². The minimum Gasteiger partial charge on any atom is -0.379 e. The van der Waals surface area contributed by atoms with Crippen LogP contribution in [0.4, 0.5) is 0 Å². The molecule has 3 rings (SSSR count). The topological polar surface area (TPSA) is 93.5 Å². The molecule has 2 aromatic heterocycles. The van der Waals surface area contributed by atoms with Gasteiger partial charge in [-0.25, -0.2) is 8.42 Å². The molecule has 0 atom stereocenters. The molecule has 0 radical (unpaired) electrons. The van der Waals surface area contributed by atoms with Gasteiger partial charge in [0, 0.05) is 24.5 Å². The Morgan fingerprint density at radius 1 is 1.33 bits per heavy atom. The Morgan fingerprint density at radius 2 is 2.07 bits per heavy atom. The summed E-state index contributed by atoms with van der Waals surface area (Å²) in [6, 6.07) is 4.01. The first kappa shape index (κ1) is 20.0. The van der Waals surface area contributed by atoms with Crippen LogP contribution in [0.5, 0.6) is 0 Å². The molecule has 0 unspecified atom stereocenters. The number of thiophene rings is 1. The number of aryl methyl sites for hydroxylation is 1. The Balaban J connectivity index is 1.66. The predicted molar refractivity (Wildman–Crippen MR) is 102 cm³/mol. The fourth-order valence-electron chi connectivity index (χ4n) is 3.10. The number of carbonyl (C=O) groups excluding carboxylic acids is 1. The van der Waals surface area contributed by atoms with Crippen LogP contribution >= 0.6 is 11.3 Å². The van der Waals surface area contributed by atoms with Crippen LogP contribution in [-0.4, -0.2) is 61.3 Å². The number of carbonyl (C=O) groups is 1. The number of nitrogens with zero attached hydrogens (tertiary/aromatic N) is 3. The van der Waals surface area contributed by atoms with E-state index < -0.39 is 10.0 Å². The zero-order chi connectivity index (χ0) is 19.4. The molecule has 1 fully saturated rings. The summed E-state index contributed by atoms with van der Waals surface area (Å²) in [6.07, 6.45) is 0.775. The van der Waals surface area contributed by atoms with Gasteiger partial charge in [-0.05, 0) is 31.7 Å². The minimum atomic E-state index is -3.65. The minimum absolute atomic E-state index is 0.00422. The monoisotopic (exact) mass is 412 g/mol. The van der Waals surface area contributed by atoms with Gasteiger partial charge in [0.25, 0.3) is 0 Å². The maximum absolute atomic E-state index is 12.9. The van der Waals surface area contributed by atoms with E-state index in [0.717, 1.165) is 6.42 Å². The zero-order valence-electron chi connectivity index (χ0n) is 15.5. The second-order valence-electron chi connectivity index (χ2n) is 6.35. The van der Waals surface area contributed by atoms with Gasteiger partial charge in [0.05, 0.1) is 24.6 Å². The first-order chi connectivity index (χ1) is 12.9. The molecule has 148 valence electrons. The Hall–Kier alpha value is -1.75. The Morgan fingerprint density at radius 3 is 2.74 bits per heavy atom. The maximum Gasteiger partial charge on any atom is 0.246 e. The van der Waals surface area contributed by atoms with Crippen molar-refractivity contribution in [1.29, 1.82) is 0 Å². The Bertz CT molecular complexity index is 884. The van der Waals surface area contributed by atoms with Crippen LogP contribution in [0.1, 0.15) is 16.3 Å². The summed E-state index contributed by atoms with van der Waals surface area (Å²) in [5, 5.41) is 9.15. The van der Waals surface area contributed by atoms with E-state index in [1.54, 1.807) is 25.2 Å². The quantitative estimate of drug-likeness (QED) is 0.731. The van der Waals surface area contributed by atoms with Gasteiger partial charge in [-0.2, -0.15) is 9.40 Å². The number of hydrogen-bond donors (Lipinski definition) is 1. The third kappa shape index (κ3) is 4.57. The third-order valence-corrected chi connectivity index (χ3v) is 7.54. The molecule has 1 N–H and O–H groups in total. The first-order valence-electron chi connectivity index (χ1n) is 8.80. The van der Waals surface area contributed by atoms with Gasteiger partial charge in [0.1, 0.15) is 11.4 Å².